The minimum absolute atomic E-state index is 0.245. The molecule has 0 atom stereocenters. The van der Waals surface area contributed by atoms with Gasteiger partial charge in [-0.1, -0.05) is 30.3 Å². The van der Waals surface area contributed by atoms with Crippen molar-refractivity contribution in [1.82, 2.24) is 5.32 Å². The number of amides is 1. The monoisotopic (exact) mass is 392 g/mol. The van der Waals surface area contributed by atoms with E-state index in [-0.39, 0.29) is 12.5 Å². The molecule has 1 aliphatic rings. The summed E-state index contributed by atoms with van der Waals surface area (Å²) in [5.74, 6) is -0.263. The topological polar surface area (TPSA) is 64.4 Å². The number of nitrogens with two attached hydrogens (primary N) is 1. The summed E-state index contributed by atoms with van der Waals surface area (Å²) in [4.78, 5) is 12.5. The van der Waals surface area contributed by atoms with Crippen molar-refractivity contribution >= 4 is 5.91 Å². The van der Waals surface area contributed by atoms with E-state index in [0.717, 1.165) is 11.6 Å². The molecule has 0 aromatic heterocycles. The van der Waals surface area contributed by atoms with Gasteiger partial charge >= 0.3 is 6.18 Å². The molecule has 3 rings (SSSR count). The third-order valence-corrected chi connectivity index (χ3v) is 5.29. The summed E-state index contributed by atoms with van der Waals surface area (Å²) in [6, 6.07) is 12.3. The predicted octanol–water partition coefficient (Wildman–Crippen LogP) is 3.64. The lowest BCUT2D eigenvalue weighted by Gasteiger charge is -2.38. The van der Waals surface area contributed by atoms with Crippen LogP contribution >= 0.6 is 0 Å². The Morgan fingerprint density at radius 1 is 1.11 bits per heavy atom. The van der Waals surface area contributed by atoms with Crippen LogP contribution in [0.1, 0.15) is 39.9 Å². The summed E-state index contributed by atoms with van der Waals surface area (Å²) in [6.07, 6.45) is -3.32. The van der Waals surface area contributed by atoms with Crippen LogP contribution in [0, 0.1) is 0 Å². The first-order valence-corrected chi connectivity index (χ1v) is 9.17. The quantitative estimate of drug-likeness (QED) is 0.817. The summed E-state index contributed by atoms with van der Waals surface area (Å²) in [7, 11) is 0. The number of alkyl halides is 3. The van der Waals surface area contributed by atoms with Gasteiger partial charge in [0.2, 0.25) is 0 Å². The average molecular weight is 392 g/mol. The molecule has 2 aromatic carbocycles. The Bertz CT molecular complexity index is 813. The number of ether oxygens (including phenoxy) is 1. The summed E-state index contributed by atoms with van der Waals surface area (Å²) < 4.78 is 44.9. The van der Waals surface area contributed by atoms with Crippen LogP contribution in [0.2, 0.25) is 0 Å². The number of carbonyl (C=O) groups is 1. The third-order valence-electron chi connectivity index (χ3n) is 5.29. The average Bonchev–Trinajstić information content (AvgIpc) is 2.72. The Balaban J connectivity index is 1.81. The first-order valence-electron chi connectivity index (χ1n) is 9.17. The molecule has 2 aromatic rings. The van der Waals surface area contributed by atoms with E-state index in [1.807, 2.05) is 0 Å². The Morgan fingerprint density at radius 2 is 1.79 bits per heavy atom. The van der Waals surface area contributed by atoms with Gasteiger partial charge in [-0.3, -0.25) is 4.79 Å². The Labute approximate surface area is 161 Å². The Morgan fingerprint density at radius 3 is 2.39 bits per heavy atom. The number of benzene rings is 2. The zero-order valence-corrected chi connectivity index (χ0v) is 15.4. The van der Waals surface area contributed by atoms with E-state index in [1.54, 1.807) is 30.3 Å². The normalized spacial score (nSPS) is 16.6. The van der Waals surface area contributed by atoms with Crippen LogP contribution < -0.4 is 11.1 Å². The van der Waals surface area contributed by atoms with Gasteiger partial charge in [0.15, 0.2) is 0 Å². The molecule has 0 radical (unpaired) electrons. The molecule has 3 N–H and O–H groups in total. The van der Waals surface area contributed by atoms with Crippen LogP contribution in [-0.4, -0.2) is 25.7 Å². The highest BCUT2D eigenvalue weighted by molar-refractivity contribution is 5.94. The number of nitrogens with one attached hydrogen (secondary N) is 1. The van der Waals surface area contributed by atoms with Crippen LogP contribution in [-0.2, 0) is 22.9 Å². The highest BCUT2D eigenvalue weighted by atomic mass is 19.4. The summed E-state index contributed by atoms with van der Waals surface area (Å²) in [6.45, 7) is 1.52. The molecule has 4 nitrogen and oxygen atoms in total. The van der Waals surface area contributed by atoms with Crippen molar-refractivity contribution in [3.05, 3.63) is 70.8 Å². The maximum atomic E-state index is 13.2. The molecule has 1 fully saturated rings. The minimum Gasteiger partial charge on any atom is -0.381 e. The lowest BCUT2D eigenvalue weighted by molar-refractivity contribution is -0.137. The second-order valence-corrected chi connectivity index (χ2v) is 7.05. The molecule has 0 bridgehead atoms. The Kier molecular flexibility index (Phi) is 6.05. The fourth-order valence-electron chi connectivity index (χ4n) is 3.50. The molecule has 28 heavy (non-hydrogen) atoms. The molecule has 1 amide bonds. The van der Waals surface area contributed by atoms with Crippen molar-refractivity contribution in [2.75, 3.05) is 19.8 Å². The lowest BCUT2D eigenvalue weighted by Crippen LogP contribution is -2.44. The lowest BCUT2D eigenvalue weighted by atomic mass is 9.73. The van der Waals surface area contributed by atoms with Crippen LogP contribution in [0.5, 0.6) is 0 Å². The van der Waals surface area contributed by atoms with Gasteiger partial charge in [-0.05, 0) is 42.2 Å². The molecule has 0 unspecified atom stereocenters. The van der Waals surface area contributed by atoms with Crippen molar-refractivity contribution in [2.24, 2.45) is 5.73 Å². The summed E-state index contributed by atoms with van der Waals surface area (Å²) >= 11 is 0. The SMILES string of the molecule is NCc1ccc(C(=O)NCC2(c3cccc(C(F)(F)F)c3)CCOCC2)cc1. The first kappa shape index (κ1) is 20.4. The predicted molar refractivity (Wildman–Crippen MR) is 99.8 cm³/mol. The standard InChI is InChI=1S/C21H23F3N2O2/c22-21(23,24)18-3-1-2-17(12-18)20(8-10-28-11-9-20)14-26-19(27)16-6-4-15(13-25)5-7-16/h1-7,12H,8-11,13-14,25H2,(H,26,27). The first-order chi connectivity index (χ1) is 13.3. The van der Waals surface area contributed by atoms with E-state index in [4.69, 9.17) is 10.5 Å². The summed E-state index contributed by atoms with van der Waals surface area (Å²) in [5, 5.41) is 2.90. The van der Waals surface area contributed by atoms with Crippen LogP contribution in [0.25, 0.3) is 0 Å². The molecular weight excluding hydrogens is 369 g/mol. The van der Waals surface area contributed by atoms with Crippen molar-refractivity contribution < 1.29 is 22.7 Å². The minimum atomic E-state index is -4.41. The highest BCUT2D eigenvalue weighted by Gasteiger charge is 2.37. The molecule has 0 aliphatic carbocycles. The van der Waals surface area contributed by atoms with Crippen molar-refractivity contribution in [2.45, 2.75) is 31.0 Å². The van der Waals surface area contributed by atoms with Crippen LogP contribution in [0.15, 0.2) is 48.5 Å². The van der Waals surface area contributed by atoms with Crippen molar-refractivity contribution in [1.29, 1.82) is 0 Å². The fourth-order valence-corrected chi connectivity index (χ4v) is 3.50. The van der Waals surface area contributed by atoms with E-state index in [2.05, 4.69) is 5.32 Å². The number of halogens is 3. The maximum absolute atomic E-state index is 13.2. The van der Waals surface area contributed by atoms with E-state index < -0.39 is 17.2 Å². The van der Waals surface area contributed by atoms with E-state index >= 15 is 0 Å². The van der Waals surface area contributed by atoms with Gasteiger partial charge < -0.3 is 15.8 Å². The van der Waals surface area contributed by atoms with Gasteiger partial charge in [0.05, 0.1) is 5.56 Å². The van der Waals surface area contributed by atoms with Crippen LogP contribution in [0.4, 0.5) is 13.2 Å². The summed E-state index contributed by atoms with van der Waals surface area (Å²) in [5.41, 5.74) is 6.27. The highest BCUT2D eigenvalue weighted by Crippen LogP contribution is 2.37. The molecule has 150 valence electrons. The Hall–Kier alpha value is -2.38. The fraction of sp³-hybridized carbons (Fsp3) is 0.381. The van der Waals surface area contributed by atoms with E-state index in [1.165, 1.54) is 12.1 Å². The van der Waals surface area contributed by atoms with Gasteiger partial charge in [-0.15, -0.1) is 0 Å². The van der Waals surface area contributed by atoms with Gasteiger partial charge in [0.25, 0.3) is 5.91 Å². The van der Waals surface area contributed by atoms with Crippen LogP contribution in [0.3, 0.4) is 0 Å². The third kappa shape index (κ3) is 4.54. The van der Waals surface area contributed by atoms with Gasteiger partial charge in [-0.25, -0.2) is 0 Å². The number of hydrogen-bond donors (Lipinski definition) is 2. The molecule has 1 heterocycles. The van der Waals surface area contributed by atoms with Gasteiger partial charge in [0, 0.05) is 37.3 Å². The molecular formula is C21H23F3N2O2. The van der Waals surface area contributed by atoms with Gasteiger partial charge in [-0.2, -0.15) is 13.2 Å². The molecule has 7 heteroatoms. The number of rotatable bonds is 5. The van der Waals surface area contributed by atoms with Crippen molar-refractivity contribution in [3.8, 4) is 0 Å². The van der Waals surface area contributed by atoms with E-state index in [9.17, 15) is 18.0 Å². The maximum Gasteiger partial charge on any atom is 0.416 e. The zero-order valence-electron chi connectivity index (χ0n) is 15.4. The van der Waals surface area contributed by atoms with Gasteiger partial charge in [0.1, 0.15) is 0 Å². The van der Waals surface area contributed by atoms with E-state index in [0.29, 0.717) is 43.7 Å². The zero-order chi connectivity index (χ0) is 20.2. The molecule has 0 spiro atoms. The molecule has 0 saturated carbocycles. The second kappa shape index (κ2) is 8.32. The van der Waals surface area contributed by atoms with Crippen molar-refractivity contribution in [3.63, 3.8) is 0 Å². The number of hydrogen-bond acceptors (Lipinski definition) is 3. The second-order valence-electron chi connectivity index (χ2n) is 7.05. The molecule has 1 saturated heterocycles. The smallest absolute Gasteiger partial charge is 0.381 e. The largest absolute Gasteiger partial charge is 0.416 e. The number of carbonyl (C=O) groups excluding carboxylic acids is 1. The molecule has 1 aliphatic heterocycles.